The molecule has 1 unspecified atom stereocenters. The quantitative estimate of drug-likeness (QED) is 0.870. The molecule has 1 aliphatic rings. The van der Waals surface area contributed by atoms with Crippen molar-refractivity contribution >= 4 is 17.3 Å². The fourth-order valence-corrected chi connectivity index (χ4v) is 2.46. The molecule has 0 amide bonds. The number of benzene rings is 1. The van der Waals surface area contributed by atoms with Crippen LogP contribution in [0.25, 0.3) is 0 Å². The molecule has 1 aromatic carbocycles. The average Bonchev–Trinajstić information content (AvgIpc) is 2.33. The summed E-state index contributed by atoms with van der Waals surface area (Å²) in [4.78, 5) is 2.42. The lowest BCUT2D eigenvalue weighted by Crippen LogP contribution is -2.58. The maximum atomic E-state index is 6.20. The first kappa shape index (κ1) is 12.7. The molecule has 0 aliphatic carbocycles. The van der Waals surface area contributed by atoms with Gasteiger partial charge in [0.1, 0.15) is 0 Å². The van der Waals surface area contributed by atoms with Crippen LogP contribution in [0.5, 0.6) is 0 Å². The monoisotopic (exact) mass is 252 g/mol. The van der Waals surface area contributed by atoms with Crippen molar-refractivity contribution < 1.29 is 0 Å². The Hall–Kier alpha value is -0.730. The van der Waals surface area contributed by atoms with E-state index in [9.17, 15) is 0 Å². The van der Waals surface area contributed by atoms with E-state index in [1.807, 2.05) is 6.92 Å². The third kappa shape index (κ3) is 2.75. The zero-order valence-corrected chi connectivity index (χ0v) is 11.6. The fraction of sp³-hybridized carbons (Fsp3) is 0.571. The van der Waals surface area contributed by atoms with Crippen LogP contribution < -0.4 is 10.2 Å². The fourth-order valence-electron chi connectivity index (χ4n) is 2.28. The molecule has 1 aliphatic heterocycles. The Balaban J connectivity index is 2.19. The topological polar surface area (TPSA) is 15.3 Å². The first-order valence-electron chi connectivity index (χ1n) is 6.30. The number of hydrogen-bond acceptors (Lipinski definition) is 2. The molecule has 0 bridgehead atoms. The van der Waals surface area contributed by atoms with E-state index in [1.54, 1.807) is 0 Å². The molecule has 1 N–H and O–H groups in total. The minimum Gasteiger partial charge on any atom is -0.368 e. The number of halogens is 1. The van der Waals surface area contributed by atoms with Crippen molar-refractivity contribution in [3.8, 4) is 0 Å². The van der Waals surface area contributed by atoms with Crippen LogP contribution >= 0.6 is 11.6 Å². The first-order valence-corrected chi connectivity index (χ1v) is 6.68. The molecule has 1 fully saturated rings. The van der Waals surface area contributed by atoms with Crippen molar-refractivity contribution in [3.63, 3.8) is 0 Å². The normalized spacial score (nSPS) is 25.1. The Labute approximate surface area is 109 Å². The summed E-state index contributed by atoms with van der Waals surface area (Å²) in [6, 6.07) is 6.35. The lowest BCUT2D eigenvalue weighted by molar-refractivity contribution is 0.314. The van der Waals surface area contributed by atoms with Crippen LogP contribution in [0.15, 0.2) is 18.2 Å². The lowest BCUT2D eigenvalue weighted by atomic mass is 9.95. The smallest absolute Gasteiger partial charge is 0.0455 e. The second kappa shape index (κ2) is 4.87. The lowest BCUT2D eigenvalue weighted by Gasteiger charge is -2.42. The van der Waals surface area contributed by atoms with Gasteiger partial charge in [-0.05, 0) is 38.0 Å². The summed E-state index contributed by atoms with van der Waals surface area (Å²) in [6.07, 6.45) is 1.14. The van der Waals surface area contributed by atoms with E-state index in [4.69, 9.17) is 11.6 Å². The van der Waals surface area contributed by atoms with E-state index in [2.05, 4.69) is 42.3 Å². The number of hydrogen-bond donors (Lipinski definition) is 1. The summed E-state index contributed by atoms with van der Waals surface area (Å²) in [5.74, 6) is 0. The Morgan fingerprint density at radius 3 is 2.88 bits per heavy atom. The second-order valence-electron chi connectivity index (χ2n) is 5.20. The van der Waals surface area contributed by atoms with Gasteiger partial charge in [0, 0.05) is 35.9 Å². The second-order valence-corrected chi connectivity index (χ2v) is 5.60. The zero-order valence-electron chi connectivity index (χ0n) is 10.9. The van der Waals surface area contributed by atoms with Gasteiger partial charge in [-0.3, -0.25) is 0 Å². The highest BCUT2D eigenvalue weighted by Crippen LogP contribution is 2.26. The first-order chi connectivity index (χ1) is 8.04. The van der Waals surface area contributed by atoms with Crippen LogP contribution in [-0.2, 0) is 0 Å². The van der Waals surface area contributed by atoms with Crippen LogP contribution in [0.4, 0.5) is 5.69 Å². The molecule has 2 rings (SSSR count). The van der Waals surface area contributed by atoms with E-state index in [-0.39, 0.29) is 5.54 Å². The summed E-state index contributed by atoms with van der Waals surface area (Å²) in [6.45, 7) is 9.70. The minimum absolute atomic E-state index is 0.218. The summed E-state index contributed by atoms with van der Waals surface area (Å²) in [5.41, 5.74) is 2.60. The molecule has 0 aromatic heterocycles. The van der Waals surface area contributed by atoms with E-state index >= 15 is 0 Å². The van der Waals surface area contributed by atoms with Crippen LogP contribution in [0.2, 0.25) is 5.02 Å². The molecule has 0 saturated carbocycles. The van der Waals surface area contributed by atoms with Crippen molar-refractivity contribution in [1.29, 1.82) is 0 Å². The molecular weight excluding hydrogens is 232 g/mol. The third-order valence-electron chi connectivity index (χ3n) is 3.77. The largest absolute Gasteiger partial charge is 0.368 e. The highest BCUT2D eigenvalue weighted by Gasteiger charge is 2.28. The number of nitrogens with one attached hydrogen (secondary N) is 1. The van der Waals surface area contributed by atoms with Crippen LogP contribution in [0, 0.1) is 6.92 Å². The molecule has 1 atom stereocenters. The van der Waals surface area contributed by atoms with Crippen molar-refractivity contribution in [2.45, 2.75) is 32.7 Å². The van der Waals surface area contributed by atoms with Gasteiger partial charge in [0.2, 0.25) is 0 Å². The Kier molecular flexibility index (Phi) is 3.64. The van der Waals surface area contributed by atoms with Gasteiger partial charge in [-0.15, -0.1) is 0 Å². The highest BCUT2D eigenvalue weighted by molar-refractivity contribution is 6.31. The SMILES string of the molecule is CCC1(C)CN(c2ccc(C)c(Cl)c2)CCN1. The van der Waals surface area contributed by atoms with Crippen LogP contribution in [0.1, 0.15) is 25.8 Å². The molecule has 94 valence electrons. The average molecular weight is 253 g/mol. The van der Waals surface area contributed by atoms with Gasteiger partial charge < -0.3 is 10.2 Å². The molecule has 1 heterocycles. The number of rotatable bonds is 2. The van der Waals surface area contributed by atoms with Gasteiger partial charge in [0.15, 0.2) is 0 Å². The van der Waals surface area contributed by atoms with Gasteiger partial charge >= 0.3 is 0 Å². The molecule has 0 radical (unpaired) electrons. The number of aryl methyl sites for hydroxylation is 1. The van der Waals surface area contributed by atoms with E-state index < -0.39 is 0 Å². The van der Waals surface area contributed by atoms with Gasteiger partial charge in [0.25, 0.3) is 0 Å². The van der Waals surface area contributed by atoms with Gasteiger partial charge in [-0.1, -0.05) is 24.6 Å². The summed E-state index contributed by atoms with van der Waals surface area (Å²) in [7, 11) is 0. The van der Waals surface area contributed by atoms with Gasteiger partial charge in [0.05, 0.1) is 0 Å². The Bertz CT molecular complexity index is 405. The number of anilines is 1. The minimum atomic E-state index is 0.218. The third-order valence-corrected chi connectivity index (χ3v) is 4.18. The van der Waals surface area contributed by atoms with Crippen molar-refractivity contribution in [2.75, 3.05) is 24.5 Å². The zero-order chi connectivity index (χ0) is 12.5. The van der Waals surface area contributed by atoms with E-state index in [0.717, 1.165) is 36.6 Å². The van der Waals surface area contributed by atoms with Crippen LogP contribution in [-0.4, -0.2) is 25.2 Å². The van der Waals surface area contributed by atoms with Gasteiger partial charge in [-0.2, -0.15) is 0 Å². The Morgan fingerprint density at radius 1 is 1.47 bits per heavy atom. The summed E-state index contributed by atoms with van der Waals surface area (Å²) < 4.78 is 0. The van der Waals surface area contributed by atoms with Crippen molar-refractivity contribution in [3.05, 3.63) is 28.8 Å². The maximum absolute atomic E-state index is 6.20. The van der Waals surface area contributed by atoms with Crippen molar-refractivity contribution in [1.82, 2.24) is 5.32 Å². The molecule has 17 heavy (non-hydrogen) atoms. The molecule has 3 heteroatoms. The summed E-state index contributed by atoms with van der Waals surface area (Å²) in [5, 5.41) is 4.46. The standard InChI is InChI=1S/C14H21ClN2/c1-4-14(3)10-17(8-7-16-14)12-6-5-11(2)13(15)9-12/h5-6,9,16H,4,7-8,10H2,1-3H3. The van der Waals surface area contributed by atoms with E-state index in [1.165, 1.54) is 5.69 Å². The molecule has 0 spiro atoms. The number of piperazine rings is 1. The molecule has 2 nitrogen and oxygen atoms in total. The predicted molar refractivity (Wildman–Crippen MR) is 75.1 cm³/mol. The van der Waals surface area contributed by atoms with Gasteiger partial charge in [-0.25, -0.2) is 0 Å². The Morgan fingerprint density at radius 2 is 2.24 bits per heavy atom. The highest BCUT2D eigenvalue weighted by atomic mass is 35.5. The number of nitrogens with zero attached hydrogens (tertiary/aromatic N) is 1. The maximum Gasteiger partial charge on any atom is 0.0455 e. The molecular formula is C14H21ClN2. The van der Waals surface area contributed by atoms with Crippen LogP contribution in [0.3, 0.4) is 0 Å². The summed E-state index contributed by atoms with van der Waals surface area (Å²) >= 11 is 6.20. The molecule has 1 aromatic rings. The molecule has 1 saturated heterocycles. The van der Waals surface area contributed by atoms with E-state index in [0.29, 0.717) is 0 Å². The van der Waals surface area contributed by atoms with Crippen molar-refractivity contribution in [2.24, 2.45) is 0 Å². The predicted octanol–water partition coefficient (Wildman–Crippen LogP) is 3.23.